The molecule has 0 unspecified atom stereocenters. The van der Waals surface area contributed by atoms with Gasteiger partial charge < -0.3 is 19.5 Å². The zero-order valence-electron chi connectivity index (χ0n) is 17.1. The Labute approximate surface area is 187 Å². The number of ether oxygens (including phenoxy) is 3. The molecule has 0 radical (unpaired) electrons. The molecule has 0 spiro atoms. The third-order valence-corrected chi connectivity index (χ3v) is 5.13. The van der Waals surface area contributed by atoms with Crippen LogP contribution in [0.15, 0.2) is 60.7 Å². The Balaban J connectivity index is 1.64. The Morgan fingerprint density at radius 2 is 1.47 bits per heavy atom. The molecule has 3 aromatic rings. The van der Waals surface area contributed by atoms with Gasteiger partial charge in [-0.2, -0.15) is 0 Å². The van der Waals surface area contributed by atoms with Crippen molar-refractivity contribution in [2.45, 2.75) is 26.6 Å². The summed E-state index contributed by atoms with van der Waals surface area (Å²) in [6, 6.07) is 19.3. The first-order valence-corrected chi connectivity index (χ1v) is 10.5. The summed E-state index contributed by atoms with van der Waals surface area (Å²) in [6.07, 6.45) is 0. The quantitative estimate of drug-likeness (QED) is 0.399. The first-order valence-electron chi connectivity index (χ1n) is 9.75. The van der Waals surface area contributed by atoms with Gasteiger partial charge in [-0.05, 0) is 53.9 Å². The number of methoxy groups -OCH3 is 1. The highest BCUT2D eigenvalue weighted by Gasteiger charge is 2.12. The van der Waals surface area contributed by atoms with Crippen molar-refractivity contribution in [3.05, 3.63) is 87.4 Å². The highest BCUT2D eigenvalue weighted by atomic mass is 35.5. The molecule has 3 rings (SSSR count). The second-order valence-electron chi connectivity index (χ2n) is 6.69. The third-order valence-electron chi connectivity index (χ3n) is 4.52. The van der Waals surface area contributed by atoms with E-state index in [9.17, 15) is 0 Å². The zero-order chi connectivity index (χ0) is 21.3. The lowest BCUT2D eigenvalue weighted by atomic mass is 10.1. The second-order valence-corrected chi connectivity index (χ2v) is 7.53. The Morgan fingerprint density at radius 3 is 2.13 bits per heavy atom. The van der Waals surface area contributed by atoms with E-state index in [1.165, 1.54) is 5.56 Å². The van der Waals surface area contributed by atoms with E-state index in [0.717, 1.165) is 23.4 Å². The molecule has 0 amide bonds. The Hall–Kier alpha value is -2.40. The molecular weight excluding hydrogens is 421 g/mol. The van der Waals surface area contributed by atoms with Gasteiger partial charge in [0, 0.05) is 29.2 Å². The summed E-state index contributed by atoms with van der Waals surface area (Å²) < 4.78 is 16.9. The van der Waals surface area contributed by atoms with Crippen LogP contribution in [0, 0.1) is 0 Å². The zero-order valence-corrected chi connectivity index (χ0v) is 18.6. The van der Waals surface area contributed by atoms with E-state index in [-0.39, 0.29) is 0 Å². The van der Waals surface area contributed by atoms with Crippen molar-refractivity contribution in [1.29, 1.82) is 0 Å². The van der Waals surface area contributed by atoms with Crippen LogP contribution in [0.25, 0.3) is 0 Å². The predicted molar refractivity (Wildman–Crippen MR) is 122 cm³/mol. The molecule has 6 heteroatoms. The monoisotopic (exact) mass is 445 g/mol. The van der Waals surface area contributed by atoms with Gasteiger partial charge in [0.05, 0.1) is 13.7 Å². The standard InChI is InChI=1S/C24H25Cl2NO3/c1-3-29-23-12-19(15-27-14-17-6-10-21(28-2)11-7-17)22(26)13-24(23)30-16-18-4-8-20(25)9-5-18/h4-13,27H,3,14-16H2,1-2H3. The van der Waals surface area contributed by atoms with E-state index < -0.39 is 0 Å². The minimum absolute atomic E-state index is 0.405. The van der Waals surface area contributed by atoms with Gasteiger partial charge in [0.25, 0.3) is 0 Å². The van der Waals surface area contributed by atoms with E-state index in [0.29, 0.717) is 41.3 Å². The topological polar surface area (TPSA) is 39.7 Å². The smallest absolute Gasteiger partial charge is 0.163 e. The summed E-state index contributed by atoms with van der Waals surface area (Å²) in [7, 11) is 1.66. The highest BCUT2D eigenvalue weighted by Crippen LogP contribution is 2.34. The molecule has 0 aliphatic rings. The first-order chi connectivity index (χ1) is 14.6. The normalized spacial score (nSPS) is 10.7. The van der Waals surface area contributed by atoms with Crippen LogP contribution in [0.2, 0.25) is 10.0 Å². The van der Waals surface area contributed by atoms with Gasteiger partial charge in [-0.1, -0.05) is 47.5 Å². The van der Waals surface area contributed by atoms with Gasteiger partial charge in [-0.25, -0.2) is 0 Å². The highest BCUT2D eigenvalue weighted by molar-refractivity contribution is 6.31. The van der Waals surface area contributed by atoms with Gasteiger partial charge in [0.2, 0.25) is 0 Å². The van der Waals surface area contributed by atoms with Crippen LogP contribution in [-0.4, -0.2) is 13.7 Å². The molecule has 0 heterocycles. The minimum Gasteiger partial charge on any atom is -0.497 e. The number of nitrogens with one attached hydrogen (secondary N) is 1. The lowest BCUT2D eigenvalue weighted by Gasteiger charge is -2.15. The third kappa shape index (κ3) is 6.30. The molecule has 0 aromatic heterocycles. The molecule has 0 aliphatic carbocycles. The summed E-state index contributed by atoms with van der Waals surface area (Å²) in [5.74, 6) is 2.14. The first kappa shape index (κ1) is 22.3. The van der Waals surface area contributed by atoms with Crippen LogP contribution in [0.4, 0.5) is 0 Å². The largest absolute Gasteiger partial charge is 0.497 e. The Morgan fingerprint density at radius 1 is 0.800 bits per heavy atom. The van der Waals surface area contributed by atoms with E-state index >= 15 is 0 Å². The van der Waals surface area contributed by atoms with Crippen LogP contribution in [0.5, 0.6) is 17.2 Å². The molecule has 3 aromatic carbocycles. The molecule has 158 valence electrons. The van der Waals surface area contributed by atoms with Crippen LogP contribution < -0.4 is 19.5 Å². The Bertz CT molecular complexity index is 944. The fourth-order valence-electron chi connectivity index (χ4n) is 2.92. The fourth-order valence-corrected chi connectivity index (χ4v) is 3.27. The molecule has 0 saturated carbocycles. The lowest BCUT2D eigenvalue weighted by Crippen LogP contribution is -2.13. The average molecular weight is 446 g/mol. The lowest BCUT2D eigenvalue weighted by molar-refractivity contribution is 0.269. The molecule has 30 heavy (non-hydrogen) atoms. The van der Waals surface area contributed by atoms with Crippen molar-refractivity contribution in [3.63, 3.8) is 0 Å². The van der Waals surface area contributed by atoms with E-state index in [1.54, 1.807) is 7.11 Å². The summed E-state index contributed by atoms with van der Waals surface area (Å²) >= 11 is 12.5. The molecule has 0 aliphatic heterocycles. The summed E-state index contributed by atoms with van der Waals surface area (Å²) in [5.41, 5.74) is 3.13. The average Bonchev–Trinajstić information content (AvgIpc) is 2.76. The Kier molecular flexibility index (Phi) is 8.26. The van der Waals surface area contributed by atoms with Crippen molar-refractivity contribution in [2.75, 3.05) is 13.7 Å². The summed E-state index contributed by atoms with van der Waals surface area (Å²) in [4.78, 5) is 0. The van der Waals surface area contributed by atoms with Crippen LogP contribution >= 0.6 is 23.2 Å². The molecule has 0 atom stereocenters. The number of benzene rings is 3. The molecular formula is C24H25Cl2NO3. The molecule has 0 bridgehead atoms. The van der Waals surface area contributed by atoms with Crippen molar-refractivity contribution >= 4 is 23.2 Å². The van der Waals surface area contributed by atoms with Crippen LogP contribution in [0.1, 0.15) is 23.6 Å². The van der Waals surface area contributed by atoms with Gasteiger partial charge in [0.15, 0.2) is 11.5 Å². The fraction of sp³-hybridized carbons (Fsp3) is 0.250. The van der Waals surface area contributed by atoms with E-state index in [1.807, 2.05) is 67.6 Å². The minimum atomic E-state index is 0.405. The van der Waals surface area contributed by atoms with Crippen LogP contribution in [0.3, 0.4) is 0 Å². The number of hydrogen-bond donors (Lipinski definition) is 1. The molecule has 0 saturated heterocycles. The van der Waals surface area contributed by atoms with Crippen LogP contribution in [-0.2, 0) is 19.7 Å². The summed E-state index contributed by atoms with van der Waals surface area (Å²) in [6.45, 7) is 4.22. The number of halogens is 2. The molecule has 0 fully saturated rings. The van der Waals surface area contributed by atoms with Crippen molar-refractivity contribution in [3.8, 4) is 17.2 Å². The number of rotatable bonds is 10. The van der Waals surface area contributed by atoms with Gasteiger partial charge in [-0.3, -0.25) is 0 Å². The van der Waals surface area contributed by atoms with Crippen molar-refractivity contribution in [2.24, 2.45) is 0 Å². The van der Waals surface area contributed by atoms with Gasteiger partial charge in [0.1, 0.15) is 12.4 Å². The number of hydrogen-bond acceptors (Lipinski definition) is 4. The molecule has 1 N–H and O–H groups in total. The maximum atomic E-state index is 6.52. The SMILES string of the molecule is CCOc1cc(CNCc2ccc(OC)cc2)c(Cl)cc1OCc1ccc(Cl)cc1. The van der Waals surface area contributed by atoms with Gasteiger partial charge in [-0.15, -0.1) is 0 Å². The van der Waals surface area contributed by atoms with E-state index in [2.05, 4.69) is 5.32 Å². The van der Waals surface area contributed by atoms with Gasteiger partial charge >= 0.3 is 0 Å². The van der Waals surface area contributed by atoms with E-state index in [4.69, 9.17) is 37.4 Å². The summed E-state index contributed by atoms with van der Waals surface area (Å²) in [5, 5.41) is 4.74. The molecule has 4 nitrogen and oxygen atoms in total. The maximum absolute atomic E-state index is 6.52. The van der Waals surface area contributed by atoms with Crippen molar-refractivity contribution < 1.29 is 14.2 Å². The predicted octanol–water partition coefficient (Wildman–Crippen LogP) is 6.27. The maximum Gasteiger partial charge on any atom is 0.163 e. The van der Waals surface area contributed by atoms with Crippen molar-refractivity contribution in [1.82, 2.24) is 5.32 Å². The second kappa shape index (κ2) is 11.1.